The van der Waals surface area contributed by atoms with Crippen molar-refractivity contribution in [1.29, 1.82) is 0 Å². The molecule has 0 aliphatic carbocycles. The number of hydrogen-bond donors (Lipinski definition) is 1. The Morgan fingerprint density at radius 2 is 1.81 bits per heavy atom. The van der Waals surface area contributed by atoms with Crippen molar-refractivity contribution in [3.05, 3.63) is 58.3 Å². The molecule has 0 radical (unpaired) electrons. The van der Waals surface area contributed by atoms with Crippen molar-refractivity contribution in [2.75, 3.05) is 11.1 Å². The van der Waals surface area contributed by atoms with Gasteiger partial charge in [-0.1, -0.05) is 59.2 Å². The van der Waals surface area contributed by atoms with Gasteiger partial charge in [-0.05, 0) is 18.2 Å². The van der Waals surface area contributed by atoms with Crippen molar-refractivity contribution in [3.8, 4) is 0 Å². The van der Waals surface area contributed by atoms with Crippen LogP contribution in [0.1, 0.15) is 5.82 Å². The minimum absolute atomic E-state index is 0.0697. The molecule has 27 heavy (non-hydrogen) atoms. The number of thioether (sulfide) groups is 1. The Bertz CT molecular complexity index is 1010. The summed E-state index contributed by atoms with van der Waals surface area (Å²) in [6.07, 6.45) is -4.68. The molecule has 1 amide bonds. The van der Waals surface area contributed by atoms with E-state index >= 15 is 0 Å². The van der Waals surface area contributed by atoms with Crippen LogP contribution in [0.3, 0.4) is 0 Å². The largest absolute Gasteiger partial charge is 0.451 e. The Hall–Kier alpha value is -2.03. The van der Waals surface area contributed by atoms with Gasteiger partial charge in [0.2, 0.25) is 11.7 Å². The number of carbonyl (C=O) groups excluding carboxylic acids is 1. The second-order valence-corrected chi connectivity index (χ2v) is 7.05. The van der Waals surface area contributed by atoms with Crippen LogP contribution < -0.4 is 5.32 Å². The minimum Gasteiger partial charge on any atom is -0.324 e. The Balaban J connectivity index is 1.82. The zero-order valence-electron chi connectivity index (χ0n) is 13.3. The van der Waals surface area contributed by atoms with Crippen LogP contribution in [0.15, 0.2) is 47.5 Å². The van der Waals surface area contributed by atoms with Crippen LogP contribution in [-0.4, -0.2) is 21.6 Å². The lowest BCUT2D eigenvalue weighted by atomic mass is 10.2. The van der Waals surface area contributed by atoms with Gasteiger partial charge in [0, 0.05) is 5.39 Å². The van der Waals surface area contributed by atoms with E-state index in [0.29, 0.717) is 11.1 Å². The van der Waals surface area contributed by atoms with Crippen LogP contribution in [0.25, 0.3) is 10.9 Å². The average molecular weight is 432 g/mol. The normalized spacial score (nSPS) is 11.6. The second kappa shape index (κ2) is 7.92. The molecule has 0 aliphatic rings. The molecule has 0 unspecified atom stereocenters. The van der Waals surface area contributed by atoms with Gasteiger partial charge in [0.25, 0.3) is 0 Å². The predicted molar refractivity (Wildman–Crippen MR) is 100 cm³/mol. The highest BCUT2D eigenvalue weighted by Crippen LogP contribution is 2.33. The van der Waals surface area contributed by atoms with Gasteiger partial charge in [-0.3, -0.25) is 4.79 Å². The molecule has 0 atom stereocenters. The summed E-state index contributed by atoms with van der Waals surface area (Å²) in [7, 11) is 0. The number of amides is 1. The third-order valence-electron chi connectivity index (χ3n) is 3.39. The molecule has 3 rings (SSSR count). The maximum atomic E-state index is 13.0. The van der Waals surface area contributed by atoms with E-state index in [-0.39, 0.29) is 26.3 Å². The number of anilines is 1. The molecule has 4 nitrogen and oxygen atoms in total. The number of rotatable bonds is 4. The number of halogens is 5. The van der Waals surface area contributed by atoms with Crippen molar-refractivity contribution in [2.24, 2.45) is 0 Å². The maximum Gasteiger partial charge on any atom is 0.451 e. The van der Waals surface area contributed by atoms with Gasteiger partial charge in [-0.25, -0.2) is 9.97 Å². The third kappa shape index (κ3) is 4.63. The topological polar surface area (TPSA) is 54.9 Å². The van der Waals surface area contributed by atoms with Gasteiger partial charge in [-0.2, -0.15) is 13.2 Å². The second-order valence-electron chi connectivity index (χ2n) is 5.31. The molecule has 140 valence electrons. The lowest BCUT2D eigenvalue weighted by Crippen LogP contribution is -2.15. The quantitative estimate of drug-likeness (QED) is 0.426. The summed E-state index contributed by atoms with van der Waals surface area (Å²) in [5, 5.41) is 3.54. The van der Waals surface area contributed by atoms with Crippen LogP contribution in [-0.2, 0) is 11.0 Å². The van der Waals surface area contributed by atoms with E-state index in [4.69, 9.17) is 23.2 Å². The predicted octanol–water partition coefficient (Wildman–Crippen LogP) is 5.69. The first-order valence-corrected chi connectivity index (χ1v) is 9.20. The van der Waals surface area contributed by atoms with E-state index < -0.39 is 17.9 Å². The standard InChI is InChI=1S/C17H10Cl2F3N3OS/c18-10-5-3-7-12(14(10)19)23-13(26)8-27-15-9-4-1-2-6-11(9)24-16(25-15)17(20,21)22/h1-7H,8H2,(H,23,26). The number of fused-ring (bicyclic) bond motifs is 1. The number of alkyl halides is 3. The fourth-order valence-corrected chi connectivity index (χ4v) is 3.37. The van der Waals surface area contributed by atoms with E-state index in [1.807, 2.05) is 0 Å². The first-order valence-electron chi connectivity index (χ1n) is 7.46. The molecule has 0 aliphatic heterocycles. The number of benzene rings is 2. The van der Waals surface area contributed by atoms with E-state index in [1.165, 1.54) is 6.07 Å². The highest BCUT2D eigenvalue weighted by molar-refractivity contribution is 8.00. The number of carbonyl (C=O) groups is 1. The molecule has 1 aromatic heterocycles. The van der Waals surface area contributed by atoms with E-state index in [9.17, 15) is 18.0 Å². The molecular formula is C17H10Cl2F3N3OS. The smallest absolute Gasteiger partial charge is 0.324 e. The summed E-state index contributed by atoms with van der Waals surface area (Å²) < 4.78 is 39.1. The molecule has 1 heterocycles. The highest BCUT2D eigenvalue weighted by atomic mass is 35.5. The number of nitrogens with zero attached hydrogens (tertiary/aromatic N) is 2. The Labute approximate surface area is 166 Å². The van der Waals surface area contributed by atoms with Gasteiger partial charge < -0.3 is 5.32 Å². The Morgan fingerprint density at radius 1 is 1.07 bits per heavy atom. The Morgan fingerprint density at radius 3 is 2.56 bits per heavy atom. The zero-order valence-corrected chi connectivity index (χ0v) is 15.7. The summed E-state index contributed by atoms with van der Waals surface area (Å²) in [6.45, 7) is 0. The van der Waals surface area contributed by atoms with Crippen molar-refractivity contribution in [1.82, 2.24) is 9.97 Å². The fourth-order valence-electron chi connectivity index (χ4n) is 2.20. The highest BCUT2D eigenvalue weighted by Gasteiger charge is 2.35. The monoisotopic (exact) mass is 431 g/mol. The first-order chi connectivity index (χ1) is 12.8. The van der Waals surface area contributed by atoms with Gasteiger partial charge in [0.05, 0.1) is 27.0 Å². The van der Waals surface area contributed by atoms with Crippen LogP contribution >= 0.6 is 35.0 Å². The molecule has 0 fully saturated rings. The fraction of sp³-hybridized carbons (Fsp3) is 0.118. The lowest BCUT2D eigenvalue weighted by Gasteiger charge is -2.11. The van der Waals surface area contributed by atoms with Crippen molar-refractivity contribution in [3.63, 3.8) is 0 Å². The van der Waals surface area contributed by atoms with Crippen LogP contribution in [0.5, 0.6) is 0 Å². The zero-order chi connectivity index (χ0) is 19.6. The number of nitrogens with one attached hydrogen (secondary N) is 1. The van der Waals surface area contributed by atoms with Gasteiger partial charge in [0.1, 0.15) is 5.03 Å². The molecule has 0 spiro atoms. The van der Waals surface area contributed by atoms with Crippen molar-refractivity contribution >= 4 is 57.5 Å². The molecular weight excluding hydrogens is 422 g/mol. The first kappa shape index (κ1) is 19.7. The number of aromatic nitrogens is 2. The number of hydrogen-bond acceptors (Lipinski definition) is 4. The van der Waals surface area contributed by atoms with E-state index in [1.54, 1.807) is 36.4 Å². The summed E-state index contributed by atoms with van der Waals surface area (Å²) in [5.41, 5.74) is 0.471. The molecule has 3 aromatic rings. The molecule has 1 N–H and O–H groups in total. The number of para-hydroxylation sites is 1. The average Bonchev–Trinajstić information content (AvgIpc) is 2.62. The SMILES string of the molecule is O=C(CSc1nc(C(F)(F)F)nc2ccccc12)Nc1cccc(Cl)c1Cl. The minimum atomic E-state index is -4.68. The molecule has 10 heteroatoms. The van der Waals surface area contributed by atoms with Gasteiger partial charge in [0.15, 0.2) is 0 Å². The van der Waals surface area contributed by atoms with E-state index in [2.05, 4.69) is 15.3 Å². The lowest BCUT2D eigenvalue weighted by molar-refractivity contribution is -0.145. The van der Waals surface area contributed by atoms with Crippen LogP contribution in [0.4, 0.5) is 18.9 Å². The third-order valence-corrected chi connectivity index (χ3v) is 5.20. The van der Waals surface area contributed by atoms with Crippen molar-refractivity contribution in [2.45, 2.75) is 11.2 Å². The summed E-state index contributed by atoms with van der Waals surface area (Å²) in [4.78, 5) is 19.3. The van der Waals surface area contributed by atoms with Gasteiger partial charge in [-0.15, -0.1) is 0 Å². The van der Waals surface area contributed by atoms with Gasteiger partial charge >= 0.3 is 6.18 Å². The van der Waals surface area contributed by atoms with Crippen LogP contribution in [0.2, 0.25) is 10.0 Å². The van der Waals surface area contributed by atoms with E-state index in [0.717, 1.165) is 11.8 Å². The summed E-state index contributed by atoms with van der Waals surface area (Å²) in [6, 6.07) is 11.1. The molecule has 0 saturated carbocycles. The summed E-state index contributed by atoms with van der Waals surface area (Å²) >= 11 is 12.8. The molecule has 0 bridgehead atoms. The summed E-state index contributed by atoms with van der Waals surface area (Å²) in [5.74, 6) is -1.87. The van der Waals surface area contributed by atoms with Crippen molar-refractivity contribution < 1.29 is 18.0 Å². The molecule has 2 aromatic carbocycles. The Kier molecular flexibility index (Phi) is 5.78. The van der Waals surface area contributed by atoms with Crippen LogP contribution in [0, 0.1) is 0 Å². The molecule has 0 saturated heterocycles. The maximum absolute atomic E-state index is 13.0.